The van der Waals surface area contributed by atoms with Crippen molar-refractivity contribution in [2.24, 2.45) is 5.41 Å². The van der Waals surface area contributed by atoms with Crippen LogP contribution in [0.25, 0.3) is 0 Å². The van der Waals surface area contributed by atoms with Gasteiger partial charge < -0.3 is 9.52 Å². The first-order valence-corrected chi connectivity index (χ1v) is 4.85. The Morgan fingerprint density at radius 1 is 1.38 bits per heavy atom. The predicted molar refractivity (Wildman–Crippen MR) is 58.3 cm³/mol. The Morgan fingerprint density at radius 3 is 2.31 bits per heavy atom. The van der Waals surface area contributed by atoms with E-state index in [9.17, 15) is 9.59 Å². The van der Waals surface area contributed by atoms with Gasteiger partial charge in [0.25, 0.3) is 0 Å². The second kappa shape index (κ2) is 4.00. The zero-order valence-corrected chi connectivity index (χ0v) is 9.77. The number of hydrogen-bond acceptors (Lipinski definition) is 3. The quantitative estimate of drug-likeness (QED) is 0.794. The van der Waals surface area contributed by atoms with Crippen LogP contribution in [0.3, 0.4) is 0 Å². The molecule has 16 heavy (non-hydrogen) atoms. The maximum absolute atomic E-state index is 11.9. The van der Waals surface area contributed by atoms with Gasteiger partial charge in [0.05, 0.1) is 0 Å². The molecule has 0 bridgehead atoms. The molecule has 0 radical (unpaired) electrons. The van der Waals surface area contributed by atoms with Crippen molar-refractivity contribution >= 4 is 17.8 Å². The van der Waals surface area contributed by atoms with Gasteiger partial charge in [0.15, 0.2) is 0 Å². The fourth-order valence-electron chi connectivity index (χ4n) is 1.21. The third kappa shape index (κ3) is 2.08. The fourth-order valence-corrected chi connectivity index (χ4v) is 1.21. The van der Waals surface area contributed by atoms with Crippen molar-refractivity contribution in [2.75, 3.05) is 11.9 Å². The van der Waals surface area contributed by atoms with E-state index >= 15 is 0 Å². The Labute approximate surface area is 93.7 Å². The summed E-state index contributed by atoms with van der Waals surface area (Å²) in [6.07, 6.45) is 0. The van der Waals surface area contributed by atoms with Crippen LogP contribution in [0, 0.1) is 12.3 Å². The fraction of sp³-hybridized carbons (Fsp3) is 0.455. The summed E-state index contributed by atoms with van der Waals surface area (Å²) in [4.78, 5) is 24.0. The summed E-state index contributed by atoms with van der Waals surface area (Å²) in [5.41, 5.74) is -1.46. The lowest BCUT2D eigenvalue weighted by Crippen LogP contribution is -2.43. The van der Waals surface area contributed by atoms with Crippen LogP contribution >= 0.6 is 0 Å². The molecule has 88 valence electrons. The van der Waals surface area contributed by atoms with Crippen molar-refractivity contribution in [2.45, 2.75) is 20.8 Å². The number of aliphatic carboxylic acids is 1. The van der Waals surface area contributed by atoms with Crippen molar-refractivity contribution in [1.29, 1.82) is 0 Å². The van der Waals surface area contributed by atoms with Gasteiger partial charge in [-0.15, -0.1) is 0 Å². The van der Waals surface area contributed by atoms with Crippen LogP contribution < -0.4 is 4.90 Å². The lowest BCUT2D eigenvalue weighted by molar-refractivity contribution is -0.152. The number of aryl methyl sites for hydroxylation is 1. The number of rotatable bonds is 3. The summed E-state index contributed by atoms with van der Waals surface area (Å²) >= 11 is 0. The monoisotopic (exact) mass is 225 g/mol. The van der Waals surface area contributed by atoms with E-state index in [0.717, 1.165) is 0 Å². The SMILES string of the molecule is Cc1ccc(N(C)C(=O)C(C)(C)C(=O)O)o1. The minimum absolute atomic E-state index is 0.344. The van der Waals surface area contributed by atoms with E-state index in [-0.39, 0.29) is 0 Å². The molecule has 1 amide bonds. The first-order valence-electron chi connectivity index (χ1n) is 4.85. The highest BCUT2D eigenvalue weighted by Gasteiger charge is 2.39. The first-order chi connectivity index (χ1) is 7.26. The van der Waals surface area contributed by atoms with E-state index in [1.807, 2.05) is 0 Å². The molecule has 0 aliphatic rings. The lowest BCUT2D eigenvalue weighted by Gasteiger charge is -2.23. The number of anilines is 1. The topological polar surface area (TPSA) is 70.8 Å². The summed E-state index contributed by atoms with van der Waals surface area (Å²) in [7, 11) is 1.49. The summed E-state index contributed by atoms with van der Waals surface area (Å²) < 4.78 is 5.25. The van der Waals surface area contributed by atoms with Gasteiger partial charge in [-0.2, -0.15) is 0 Å². The number of furan rings is 1. The molecule has 0 aliphatic heterocycles. The Hall–Kier alpha value is -1.78. The molecule has 0 atom stereocenters. The summed E-state index contributed by atoms with van der Waals surface area (Å²) in [5, 5.41) is 8.93. The molecule has 0 fully saturated rings. The molecule has 1 rings (SSSR count). The van der Waals surface area contributed by atoms with E-state index in [4.69, 9.17) is 9.52 Å². The number of nitrogens with zero attached hydrogens (tertiary/aromatic N) is 1. The van der Waals surface area contributed by atoms with Crippen LogP contribution in [0.5, 0.6) is 0 Å². The Balaban J connectivity index is 2.95. The van der Waals surface area contributed by atoms with Crippen molar-refractivity contribution in [3.8, 4) is 0 Å². The summed E-state index contributed by atoms with van der Waals surface area (Å²) in [6.45, 7) is 4.48. The molecule has 1 heterocycles. The van der Waals surface area contributed by atoms with Crippen LogP contribution in [0.4, 0.5) is 5.88 Å². The van der Waals surface area contributed by atoms with E-state index in [0.29, 0.717) is 11.6 Å². The lowest BCUT2D eigenvalue weighted by atomic mass is 9.92. The molecular formula is C11H15NO4. The normalized spacial score (nSPS) is 11.2. The third-order valence-corrected chi connectivity index (χ3v) is 2.43. The molecule has 1 aromatic rings. The van der Waals surface area contributed by atoms with Crippen LogP contribution in [0.2, 0.25) is 0 Å². The Bertz CT molecular complexity index is 419. The highest BCUT2D eigenvalue weighted by Crippen LogP contribution is 2.24. The standard InChI is InChI=1S/C11H15NO4/c1-7-5-6-8(16-7)12(4)9(13)11(2,3)10(14)15/h5-6H,1-4H3,(H,14,15). The van der Waals surface area contributed by atoms with Gasteiger partial charge in [-0.25, -0.2) is 0 Å². The van der Waals surface area contributed by atoms with Gasteiger partial charge in [-0.05, 0) is 26.8 Å². The molecule has 0 unspecified atom stereocenters. The van der Waals surface area contributed by atoms with Gasteiger partial charge in [-0.1, -0.05) is 0 Å². The van der Waals surface area contributed by atoms with Crippen LogP contribution in [0.1, 0.15) is 19.6 Å². The summed E-state index contributed by atoms with van der Waals surface area (Å²) in [5.74, 6) is -0.665. The molecule has 0 saturated carbocycles. The molecular weight excluding hydrogens is 210 g/mol. The van der Waals surface area contributed by atoms with E-state index in [1.54, 1.807) is 19.1 Å². The predicted octanol–water partition coefficient (Wildman–Crippen LogP) is 1.66. The van der Waals surface area contributed by atoms with Gasteiger partial charge in [0, 0.05) is 13.1 Å². The molecule has 0 saturated heterocycles. The van der Waals surface area contributed by atoms with Gasteiger partial charge in [0.1, 0.15) is 11.2 Å². The zero-order chi connectivity index (χ0) is 12.5. The van der Waals surface area contributed by atoms with Crippen LogP contribution in [0.15, 0.2) is 16.5 Å². The minimum Gasteiger partial charge on any atom is -0.480 e. The van der Waals surface area contributed by atoms with E-state index in [2.05, 4.69) is 0 Å². The second-order valence-corrected chi connectivity index (χ2v) is 4.18. The number of carboxylic acid groups (broad SMARTS) is 1. The van der Waals surface area contributed by atoms with Crippen molar-refractivity contribution in [3.63, 3.8) is 0 Å². The molecule has 0 aliphatic carbocycles. The van der Waals surface area contributed by atoms with E-state index in [1.165, 1.54) is 25.8 Å². The molecule has 0 aromatic carbocycles. The van der Waals surface area contributed by atoms with Crippen molar-refractivity contribution < 1.29 is 19.1 Å². The highest BCUT2D eigenvalue weighted by molar-refractivity contribution is 6.08. The molecule has 0 spiro atoms. The summed E-state index contributed by atoms with van der Waals surface area (Å²) in [6, 6.07) is 3.35. The Kier molecular flexibility index (Phi) is 3.07. The molecule has 5 heteroatoms. The third-order valence-electron chi connectivity index (χ3n) is 2.43. The van der Waals surface area contributed by atoms with Gasteiger partial charge in [-0.3, -0.25) is 14.5 Å². The smallest absolute Gasteiger partial charge is 0.318 e. The van der Waals surface area contributed by atoms with Crippen LogP contribution in [-0.4, -0.2) is 24.0 Å². The average Bonchev–Trinajstić information content (AvgIpc) is 2.62. The maximum Gasteiger partial charge on any atom is 0.318 e. The number of amides is 1. The molecule has 1 N–H and O–H groups in total. The molecule has 5 nitrogen and oxygen atoms in total. The number of hydrogen-bond donors (Lipinski definition) is 1. The zero-order valence-electron chi connectivity index (χ0n) is 9.77. The highest BCUT2D eigenvalue weighted by atomic mass is 16.4. The van der Waals surface area contributed by atoms with Gasteiger partial charge >= 0.3 is 5.97 Å². The minimum atomic E-state index is -1.46. The number of carbonyl (C=O) groups excluding carboxylic acids is 1. The first kappa shape index (κ1) is 12.3. The average molecular weight is 225 g/mol. The van der Waals surface area contributed by atoms with E-state index < -0.39 is 17.3 Å². The number of carbonyl (C=O) groups is 2. The molecule has 1 aromatic heterocycles. The van der Waals surface area contributed by atoms with Crippen LogP contribution in [-0.2, 0) is 9.59 Å². The second-order valence-electron chi connectivity index (χ2n) is 4.18. The largest absolute Gasteiger partial charge is 0.480 e. The Morgan fingerprint density at radius 2 is 1.94 bits per heavy atom. The van der Waals surface area contributed by atoms with Crippen molar-refractivity contribution in [1.82, 2.24) is 0 Å². The van der Waals surface area contributed by atoms with Gasteiger partial charge in [0.2, 0.25) is 11.8 Å². The number of carboxylic acids is 1. The van der Waals surface area contributed by atoms with Crippen molar-refractivity contribution in [3.05, 3.63) is 17.9 Å². The maximum atomic E-state index is 11.9.